The molecule has 2 N–H and O–H groups in total. The van der Waals surface area contributed by atoms with Crippen LogP contribution >= 0.6 is 22.7 Å². The molecule has 26 heavy (non-hydrogen) atoms. The first-order valence-corrected chi connectivity index (χ1v) is 10.4. The fourth-order valence-electron chi connectivity index (χ4n) is 2.90. The predicted molar refractivity (Wildman–Crippen MR) is 108 cm³/mol. The van der Waals surface area contributed by atoms with E-state index in [9.17, 15) is 5.11 Å². The van der Waals surface area contributed by atoms with E-state index >= 15 is 0 Å². The third-order valence-electron chi connectivity index (χ3n) is 4.68. The number of aliphatic hydroxyl groups is 1. The van der Waals surface area contributed by atoms with Gasteiger partial charge in [0.2, 0.25) is 0 Å². The maximum absolute atomic E-state index is 10.7. The van der Waals surface area contributed by atoms with Crippen LogP contribution in [0.3, 0.4) is 0 Å². The molecule has 0 fully saturated rings. The zero-order valence-corrected chi connectivity index (χ0v) is 17.3. The Morgan fingerprint density at radius 1 is 1.04 bits per heavy atom. The summed E-state index contributed by atoms with van der Waals surface area (Å²) >= 11 is 3.45. The maximum atomic E-state index is 10.7. The van der Waals surface area contributed by atoms with Crippen molar-refractivity contribution in [3.05, 3.63) is 86.8 Å². The number of hydrogen-bond acceptors (Lipinski definition) is 3. The van der Waals surface area contributed by atoms with E-state index in [0.717, 1.165) is 12.1 Å². The topological polar surface area (TPSA) is 24.7 Å². The van der Waals surface area contributed by atoms with Gasteiger partial charge in [0.05, 0.1) is 13.6 Å². The van der Waals surface area contributed by atoms with Crippen LogP contribution < -0.4 is 17.3 Å². The van der Waals surface area contributed by atoms with Crippen LogP contribution in [0.1, 0.15) is 29.7 Å². The van der Waals surface area contributed by atoms with E-state index in [-0.39, 0.29) is 18.4 Å². The number of benzene rings is 1. The molecule has 0 saturated heterocycles. The molecule has 3 unspecified atom stereocenters. The number of aliphatic hydroxyl groups excluding tert-OH is 1. The highest BCUT2D eigenvalue weighted by atomic mass is 35.5. The number of likely N-dealkylation sites (N-methyl/N-ethyl adjacent to an activating group) is 1. The molecule has 3 atom stereocenters. The molecule has 0 radical (unpaired) electrons. The summed E-state index contributed by atoms with van der Waals surface area (Å²) in [5, 5.41) is 19.3. The van der Waals surface area contributed by atoms with E-state index in [2.05, 4.69) is 53.7 Å². The third kappa shape index (κ3) is 5.06. The molecular weight excluding hydrogens is 382 g/mol. The molecule has 0 aliphatic rings. The van der Waals surface area contributed by atoms with Gasteiger partial charge in [-0.15, -0.1) is 0 Å². The van der Waals surface area contributed by atoms with E-state index in [0.29, 0.717) is 0 Å². The van der Waals surface area contributed by atoms with Crippen molar-refractivity contribution in [3.63, 3.8) is 0 Å². The fraction of sp³-hybridized carbons (Fsp3) is 0.238. The second-order valence-electron chi connectivity index (χ2n) is 6.34. The summed E-state index contributed by atoms with van der Waals surface area (Å²) in [4.78, 5) is 1.29. The van der Waals surface area contributed by atoms with Crippen molar-refractivity contribution in [2.45, 2.75) is 19.1 Å². The van der Waals surface area contributed by atoms with Crippen molar-refractivity contribution in [1.82, 2.24) is 0 Å². The molecule has 5 heteroatoms. The lowest BCUT2D eigenvalue weighted by Gasteiger charge is -2.25. The van der Waals surface area contributed by atoms with Gasteiger partial charge in [-0.3, -0.25) is 0 Å². The Labute approximate surface area is 169 Å². The Balaban J connectivity index is 0.00000243. The quantitative estimate of drug-likeness (QED) is 0.599. The van der Waals surface area contributed by atoms with Crippen LogP contribution in [0.5, 0.6) is 0 Å². The number of hydrogen-bond donors (Lipinski definition) is 2. The number of nitrogens with one attached hydrogen (secondary N) is 1. The van der Waals surface area contributed by atoms with Crippen LogP contribution in [0.2, 0.25) is 0 Å². The van der Waals surface area contributed by atoms with E-state index in [4.69, 9.17) is 0 Å². The minimum Gasteiger partial charge on any atom is -1.00 e. The van der Waals surface area contributed by atoms with Gasteiger partial charge in [-0.2, -0.15) is 22.7 Å². The first-order valence-electron chi connectivity index (χ1n) is 8.47. The number of rotatable bonds is 7. The van der Waals surface area contributed by atoms with Crippen LogP contribution in [0.15, 0.2) is 70.1 Å². The lowest BCUT2D eigenvalue weighted by Crippen LogP contribution is -3.13. The van der Waals surface area contributed by atoms with Crippen molar-refractivity contribution in [3.8, 4) is 0 Å². The highest BCUT2D eigenvalue weighted by Gasteiger charge is 2.23. The monoisotopic (exact) mass is 405 g/mol. The van der Waals surface area contributed by atoms with Crippen LogP contribution in [0, 0.1) is 0 Å². The van der Waals surface area contributed by atoms with Gasteiger partial charge in [0.1, 0.15) is 12.1 Å². The maximum Gasteiger partial charge on any atom is 0.130 e. The van der Waals surface area contributed by atoms with Crippen LogP contribution in [-0.4, -0.2) is 24.7 Å². The largest absolute Gasteiger partial charge is 1.00 e. The second kappa shape index (κ2) is 10.0. The Bertz CT molecular complexity index is 749. The summed E-state index contributed by atoms with van der Waals surface area (Å²) in [6.45, 7) is 2.97. The van der Waals surface area contributed by atoms with Crippen LogP contribution in [0.4, 0.5) is 0 Å². The predicted octanol–water partition coefficient (Wildman–Crippen LogP) is 0.882. The highest BCUT2D eigenvalue weighted by molar-refractivity contribution is 7.08. The minimum absolute atomic E-state index is 0. The zero-order chi connectivity index (χ0) is 17.6. The molecule has 3 rings (SSSR count). The van der Waals surface area contributed by atoms with E-state index in [1.54, 1.807) is 22.7 Å². The molecule has 2 heterocycles. The second-order valence-corrected chi connectivity index (χ2v) is 7.90. The summed E-state index contributed by atoms with van der Waals surface area (Å²) in [6, 6.07) is 14.4. The molecule has 0 aliphatic heterocycles. The van der Waals surface area contributed by atoms with Crippen molar-refractivity contribution in [2.24, 2.45) is 0 Å². The summed E-state index contributed by atoms with van der Waals surface area (Å²) < 4.78 is 0. The number of halogens is 1. The lowest BCUT2D eigenvalue weighted by molar-refractivity contribution is -0.902. The standard InChI is InChI=1S/C21H23NOS2.ClH/c1-16(21(23)17-6-4-3-5-7-17)22(2)11-8-20(18-9-12-24-14-18)19-10-13-25-15-19;/h3-10,12-16,21,23H,11H2,1-2H3;1H. The SMILES string of the molecule is CC(C(O)c1ccccc1)[NH+](C)CC=C(c1ccsc1)c1ccsc1.[Cl-]. The Kier molecular flexibility index (Phi) is 8.07. The third-order valence-corrected chi connectivity index (χ3v) is 6.05. The highest BCUT2D eigenvalue weighted by Crippen LogP contribution is 2.26. The molecule has 1 aromatic carbocycles. The van der Waals surface area contributed by atoms with Gasteiger partial charge >= 0.3 is 0 Å². The molecule has 138 valence electrons. The van der Waals surface area contributed by atoms with Gasteiger partial charge < -0.3 is 22.4 Å². The van der Waals surface area contributed by atoms with Gasteiger partial charge in [0.15, 0.2) is 0 Å². The van der Waals surface area contributed by atoms with Crippen molar-refractivity contribution >= 4 is 28.2 Å². The number of thiophene rings is 2. The van der Waals surface area contributed by atoms with E-state index in [1.807, 2.05) is 30.3 Å². The van der Waals surface area contributed by atoms with Gasteiger partial charge in [-0.1, -0.05) is 30.3 Å². The normalized spacial score (nSPS) is 14.1. The Morgan fingerprint density at radius 2 is 1.62 bits per heavy atom. The lowest BCUT2D eigenvalue weighted by atomic mass is 10.0. The fourth-order valence-corrected chi connectivity index (χ4v) is 4.21. The van der Waals surface area contributed by atoms with E-state index < -0.39 is 6.10 Å². The molecule has 2 nitrogen and oxygen atoms in total. The Hall–Kier alpha value is -1.43. The minimum atomic E-state index is -0.458. The smallest absolute Gasteiger partial charge is 0.130 e. The van der Waals surface area contributed by atoms with Crippen molar-refractivity contribution in [2.75, 3.05) is 13.6 Å². The molecule has 0 bridgehead atoms. The zero-order valence-electron chi connectivity index (χ0n) is 14.9. The molecule has 0 amide bonds. The molecule has 3 aromatic rings. The molecular formula is C21H24ClNOS2. The van der Waals surface area contributed by atoms with Gasteiger partial charge in [-0.25, -0.2) is 0 Å². The molecule has 0 aliphatic carbocycles. The van der Waals surface area contributed by atoms with Gasteiger partial charge in [-0.05, 0) is 68.9 Å². The average Bonchev–Trinajstić information content (AvgIpc) is 3.35. The summed E-state index contributed by atoms with van der Waals surface area (Å²) in [6.07, 6.45) is 1.84. The van der Waals surface area contributed by atoms with Crippen molar-refractivity contribution in [1.29, 1.82) is 0 Å². The molecule has 0 saturated carbocycles. The van der Waals surface area contributed by atoms with Gasteiger partial charge in [0.25, 0.3) is 0 Å². The first-order chi connectivity index (χ1) is 12.2. The summed E-state index contributed by atoms with van der Waals surface area (Å²) in [7, 11) is 2.15. The van der Waals surface area contributed by atoms with E-state index in [1.165, 1.54) is 21.6 Å². The first kappa shape index (κ1) is 20.9. The molecule has 0 spiro atoms. The van der Waals surface area contributed by atoms with Crippen LogP contribution in [0.25, 0.3) is 5.57 Å². The van der Waals surface area contributed by atoms with Crippen molar-refractivity contribution < 1.29 is 22.4 Å². The summed E-state index contributed by atoms with van der Waals surface area (Å²) in [5.74, 6) is 0. The van der Waals surface area contributed by atoms with Crippen LogP contribution in [-0.2, 0) is 0 Å². The number of quaternary nitrogens is 1. The average molecular weight is 406 g/mol. The molecule has 2 aromatic heterocycles. The summed E-state index contributed by atoms with van der Waals surface area (Å²) in [5.41, 5.74) is 4.80. The Morgan fingerprint density at radius 3 is 2.12 bits per heavy atom. The van der Waals surface area contributed by atoms with Gasteiger partial charge in [0, 0.05) is 0 Å².